The molecule has 7 nitrogen and oxygen atoms in total. The van der Waals surface area contributed by atoms with Crippen molar-refractivity contribution in [3.63, 3.8) is 0 Å². The molecule has 1 atom stereocenters. The zero-order valence-corrected chi connectivity index (χ0v) is 26.4. The van der Waals surface area contributed by atoms with Gasteiger partial charge in [0.05, 0.1) is 10.6 Å². The number of halogens is 2. The number of amides is 2. The molecule has 0 aliphatic carbocycles. The first kappa shape index (κ1) is 32.4. The molecular weight excluding hydrogens is 581 g/mol. The molecule has 1 N–H and O–H groups in total. The first-order valence-electron chi connectivity index (χ1n) is 13.5. The van der Waals surface area contributed by atoms with Gasteiger partial charge in [-0.2, -0.15) is 0 Å². The lowest BCUT2D eigenvalue weighted by Crippen LogP contribution is -2.52. The standard InChI is InChI=1S/C31H37Cl2N3O4S/c1-6-29(31(38)34-18-21(2)3)35(19-24-10-12-25(32)13-11-24)30(37)20-36(26-14-9-23(5)28(33)17-26)41(39,40)27-15-7-22(4)8-16-27/h7-17,21,29H,6,18-20H2,1-5H3,(H,34,38)/t29-/m1/s1. The highest BCUT2D eigenvalue weighted by Crippen LogP contribution is 2.29. The molecule has 41 heavy (non-hydrogen) atoms. The van der Waals surface area contributed by atoms with Gasteiger partial charge in [0.1, 0.15) is 12.6 Å². The number of carbonyl (C=O) groups is 2. The molecule has 0 saturated heterocycles. The highest BCUT2D eigenvalue weighted by Gasteiger charge is 2.33. The molecule has 0 saturated carbocycles. The number of hydrogen-bond donors (Lipinski definition) is 1. The van der Waals surface area contributed by atoms with Crippen LogP contribution in [-0.2, 0) is 26.2 Å². The van der Waals surface area contributed by atoms with Crippen LogP contribution in [0.5, 0.6) is 0 Å². The summed E-state index contributed by atoms with van der Waals surface area (Å²) in [6, 6.07) is 17.5. The van der Waals surface area contributed by atoms with Gasteiger partial charge in [-0.05, 0) is 73.7 Å². The molecular formula is C31H37Cl2N3O4S. The summed E-state index contributed by atoms with van der Waals surface area (Å²) >= 11 is 12.5. The van der Waals surface area contributed by atoms with E-state index in [1.165, 1.54) is 23.1 Å². The topological polar surface area (TPSA) is 86.8 Å². The summed E-state index contributed by atoms with van der Waals surface area (Å²) < 4.78 is 29.0. The normalized spacial score (nSPS) is 12.2. The molecule has 0 bridgehead atoms. The molecule has 0 spiro atoms. The lowest BCUT2D eigenvalue weighted by atomic mass is 10.1. The predicted octanol–water partition coefficient (Wildman–Crippen LogP) is 6.39. The second kappa shape index (κ2) is 14.2. The third-order valence-corrected chi connectivity index (χ3v) is 9.12. The smallest absolute Gasteiger partial charge is 0.264 e. The van der Waals surface area contributed by atoms with Crippen molar-refractivity contribution in [1.82, 2.24) is 10.2 Å². The molecule has 0 aromatic heterocycles. The molecule has 220 valence electrons. The van der Waals surface area contributed by atoms with E-state index in [9.17, 15) is 18.0 Å². The number of benzene rings is 3. The van der Waals surface area contributed by atoms with E-state index in [0.717, 1.165) is 21.0 Å². The fourth-order valence-electron chi connectivity index (χ4n) is 4.23. The minimum atomic E-state index is -4.17. The van der Waals surface area contributed by atoms with Crippen LogP contribution in [0, 0.1) is 19.8 Å². The van der Waals surface area contributed by atoms with E-state index in [1.807, 2.05) is 34.6 Å². The number of hydrogen-bond acceptors (Lipinski definition) is 4. The van der Waals surface area contributed by atoms with Crippen molar-refractivity contribution in [2.75, 3.05) is 17.4 Å². The van der Waals surface area contributed by atoms with Crippen molar-refractivity contribution < 1.29 is 18.0 Å². The van der Waals surface area contributed by atoms with E-state index >= 15 is 0 Å². The van der Waals surface area contributed by atoms with E-state index < -0.39 is 28.5 Å². The molecule has 0 aliphatic heterocycles. The molecule has 0 fully saturated rings. The summed E-state index contributed by atoms with van der Waals surface area (Å²) in [6.07, 6.45) is 0.338. The van der Waals surface area contributed by atoms with Crippen molar-refractivity contribution >= 4 is 50.7 Å². The Labute approximate surface area is 253 Å². The Balaban J connectivity index is 2.06. The molecule has 3 aromatic rings. The number of carbonyl (C=O) groups excluding carboxylic acids is 2. The predicted molar refractivity (Wildman–Crippen MR) is 166 cm³/mol. The van der Waals surface area contributed by atoms with E-state index in [1.54, 1.807) is 48.5 Å². The van der Waals surface area contributed by atoms with Crippen LogP contribution >= 0.6 is 23.2 Å². The van der Waals surface area contributed by atoms with Crippen molar-refractivity contribution in [1.29, 1.82) is 0 Å². The van der Waals surface area contributed by atoms with Gasteiger partial charge in [0.15, 0.2) is 0 Å². The Kier molecular flexibility index (Phi) is 11.2. The highest BCUT2D eigenvalue weighted by atomic mass is 35.5. The van der Waals surface area contributed by atoms with Gasteiger partial charge in [0.2, 0.25) is 11.8 Å². The van der Waals surface area contributed by atoms with Gasteiger partial charge in [0.25, 0.3) is 10.0 Å². The Morgan fingerprint density at radius 1 is 0.927 bits per heavy atom. The third kappa shape index (κ3) is 8.47. The van der Waals surface area contributed by atoms with Gasteiger partial charge in [-0.3, -0.25) is 13.9 Å². The highest BCUT2D eigenvalue weighted by molar-refractivity contribution is 7.92. The van der Waals surface area contributed by atoms with Crippen molar-refractivity contribution in [3.8, 4) is 0 Å². The van der Waals surface area contributed by atoms with Gasteiger partial charge in [0, 0.05) is 23.1 Å². The van der Waals surface area contributed by atoms with E-state index in [2.05, 4.69) is 5.32 Å². The minimum Gasteiger partial charge on any atom is -0.354 e. The van der Waals surface area contributed by atoms with Crippen molar-refractivity contribution in [2.24, 2.45) is 5.92 Å². The average molecular weight is 619 g/mol. The third-order valence-electron chi connectivity index (χ3n) is 6.67. The van der Waals surface area contributed by atoms with Crippen LogP contribution in [0.2, 0.25) is 10.0 Å². The SMILES string of the molecule is CC[C@H](C(=O)NCC(C)C)N(Cc1ccc(Cl)cc1)C(=O)CN(c1ccc(C)c(Cl)c1)S(=O)(=O)c1ccc(C)cc1. The first-order valence-corrected chi connectivity index (χ1v) is 15.7. The minimum absolute atomic E-state index is 0.0403. The van der Waals surface area contributed by atoms with Gasteiger partial charge in [-0.1, -0.05) is 79.9 Å². The van der Waals surface area contributed by atoms with Crippen molar-refractivity contribution in [3.05, 3.63) is 93.5 Å². The summed E-state index contributed by atoms with van der Waals surface area (Å²) in [5.41, 5.74) is 2.67. The van der Waals surface area contributed by atoms with Crippen LogP contribution in [-0.4, -0.2) is 44.3 Å². The van der Waals surface area contributed by atoms with Gasteiger partial charge in [-0.15, -0.1) is 0 Å². The summed E-state index contributed by atoms with van der Waals surface area (Å²) in [4.78, 5) is 28.9. The summed E-state index contributed by atoms with van der Waals surface area (Å²) in [5, 5.41) is 3.83. The van der Waals surface area contributed by atoms with Crippen LogP contribution < -0.4 is 9.62 Å². The number of nitrogens with one attached hydrogen (secondary N) is 1. The second-order valence-electron chi connectivity index (χ2n) is 10.5. The van der Waals surface area contributed by atoms with Crippen LogP contribution in [0.1, 0.15) is 43.9 Å². The molecule has 0 radical (unpaired) electrons. The first-order chi connectivity index (χ1) is 19.3. The maximum absolute atomic E-state index is 14.1. The molecule has 10 heteroatoms. The lowest BCUT2D eigenvalue weighted by molar-refractivity contribution is -0.140. The Bertz CT molecular complexity index is 1460. The average Bonchev–Trinajstić information content (AvgIpc) is 2.93. The van der Waals surface area contributed by atoms with Gasteiger partial charge < -0.3 is 10.2 Å². The Hall–Kier alpha value is -3.07. The Morgan fingerprint density at radius 3 is 2.12 bits per heavy atom. The van der Waals surface area contributed by atoms with Gasteiger partial charge in [-0.25, -0.2) is 8.42 Å². The lowest BCUT2D eigenvalue weighted by Gasteiger charge is -2.33. The number of anilines is 1. The fraction of sp³-hybridized carbons (Fsp3) is 0.355. The molecule has 3 aromatic carbocycles. The number of rotatable bonds is 12. The van der Waals surface area contributed by atoms with Crippen LogP contribution in [0.15, 0.2) is 71.6 Å². The molecule has 3 rings (SSSR count). The van der Waals surface area contributed by atoms with Crippen LogP contribution in [0.3, 0.4) is 0 Å². The largest absolute Gasteiger partial charge is 0.354 e. The van der Waals surface area contributed by atoms with Gasteiger partial charge >= 0.3 is 0 Å². The quantitative estimate of drug-likeness (QED) is 0.255. The maximum Gasteiger partial charge on any atom is 0.264 e. The zero-order valence-electron chi connectivity index (χ0n) is 24.0. The molecule has 0 heterocycles. The van der Waals surface area contributed by atoms with Crippen molar-refractivity contribution in [2.45, 2.75) is 58.5 Å². The molecule has 0 unspecified atom stereocenters. The summed E-state index contributed by atoms with van der Waals surface area (Å²) in [5.74, 6) is -0.605. The van der Waals surface area contributed by atoms with E-state index in [0.29, 0.717) is 23.0 Å². The molecule has 2 amide bonds. The van der Waals surface area contributed by atoms with E-state index in [-0.39, 0.29) is 29.0 Å². The second-order valence-corrected chi connectivity index (χ2v) is 13.2. The maximum atomic E-state index is 14.1. The summed E-state index contributed by atoms with van der Waals surface area (Å²) in [7, 11) is -4.17. The molecule has 0 aliphatic rings. The summed E-state index contributed by atoms with van der Waals surface area (Å²) in [6.45, 7) is 9.48. The van der Waals surface area contributed by atoms with Crippen LogP contribution in [0.25, 0.3) is 0 Å². The van der Waals surface area contributed by atoms with E-state index in [4.69, 9.17) is 23.2 Å². The number of sulfonamides is 1. The fourth-order valence-corrected chi connectivity index (χ4v) is 5.94. The number of aryl methyl sites for hydroxylation is 2. The zero-order chi connectivity index (χ0) is 30.3. The number of nitrogens with zero attached hydrogens (tertiary/aromatic N) is 2. The van der Waals surface area contributed by atoms with Crippen LogP contribution in [0.4, 0.5) is 5.69 Å². The monoisotopic (exact) mass is 617 g/mol. The Morgan fingerprint density at radius 2 is 1.56 bits per heavy atom.